The molecule has 0 saturated heterocycles. The molecule has 0 aromatic heterocycles. The van der Waals surface area contributed by atoms with Gasteiger partial charge in [-0.2, -0.15) is 0 Å². The fourth-order valence-corrected chi connectivity index (χ4v) is 14.2. The molecule has 29 heavy (non-hydrogen) atoms. The maximum atomic E-state index is 2.23. The van der Waals surface area contributed by atoms with Crippen LogP contribution in [0, 0.1) is 0 Å². The van der Waals surface area contributed by atoms with Gasteiger partial charge < -0.3 is 5.48 Å². The Bertz CT molecular complexity index is 746. The third-order valence-electron chi connectivity index (χ3n) is 3.44. The average molecular weight is 642 g/mol. The zero-order valence-corrected chi connectivity index (χ0v) is 22.5. The summed E-state index contributed by atoms with van der Waals surface area (Å²) in [5, 5.41) is 0. The van der Waals surface area contributed by atoms with Crippen molar-refractivity contribution in [3.63, 3.8) is 0 Å². The Morgan fingerprint density at radius 2 is 0.448 bits per heavy atom. The van der Waals surface area contributed by atoms with Crippen molar-refractivity contribution in [3.8, 4) is 0 Å². The Balaban J connectivity index is 0.000000200. The Labute approximate surface area is 195 Å². The standard InChI is InChI=1S/2C12H10Se2.H2O/c2*1-3-7-11(8-4-1)13-14-12-9-5-2-6-10-12;/h2*1-10H;1H2. The first-order valence-corrected chi connectivity index (χ1v) is 20.9. The molecule has 0 aliphatic rings. The van der Waals surface area contributed by atoms with E-state index in [1.54, 1.807) is 0 Å². The first kappa shape index (κ1) is 24.2. The third kappa shape index (κ3) is 9.98. The summed E-state index contributed by atoms with van der Waals surface area (Å²) in [7, 11) is 0. The number of rotatable bonds is 6. The number of benzene rings is 4. The molecule has 0 aliphatic heterocycles. The summed E-state index contributed by atoms with van der Waals surface area (Å²) in [6.07, 6.45) is 0. The van der Waals surface area contributed by atoms with Crippen LogP contribution >= 0.6 is 0 Å². The molecule has 0 amide bonds. The van der Waals surface area contributed by atoms with Gasteiger partial charge in [-0.05, 0) is 0 Å². The molecule has 4 aromatic carbocycles. The monoisotopic (exact) mass is 646 g/mol. The van der Waals surface area contributed by atoms with Gasteiger partial charge in [0.1, 0.15) is 0 Å². The van der Waals surface area contributed by atoms with Crippen LogP contribution in [0.2, 0.25) is 0 Å². The van der Waals surface area contributed by atoms with Crippen molar-refractivity contribution in [2.45, 2.75) is 0 Å². The molecule has 0 heterocycles. The van der Waals surface area contributed by atoms with E-state index in [9.17, 15) is 0 Å². The van der Waals surface area contributed by atoms with E-state index in [0.29, 0.717) is 52.5 Å². The van der Waals surface area contributed by atoms with Crippen molar-refractivity contribution in [2.24, 2.45) is 0 Å². The van der Waals surface area contributed by atoms with Crippen LogP contribution in [0.4, 0.5) is 0 Å². The molecule has 0 fully saturated rings. The van der Waals surface area contributed by atoms with Gasteiger partial charge in [-0.15, -0.1) is 0 Å². The first-order chi connectivity index (χ1) is 13.9. The van der Waals surface area contributed by atoms with Crippen molar-refractivity contribution >= 4 is 70.4 Å². The molecule has 0 saturated carbocycles. The van der Waals surface area contributed by atoms with Gasteiger partial charge in [0.15, 0.2) is 0 Å². The molecular formula is C24H22OSe4. The van der Waals surface area contributed by atoms with Crippen LogP contribution < -0.4 is 17.8 Å². The Hall–Kier alpha value is -1.08. The van der Waals surface area contributed by atoms with E-state index in [1.165, 1.54) is 17.8 Å². The SMILES string of the molecule is O.c1ccc([Se][Se]c2ccccc2)cc1.c1ccc([Se][Se]c2ccccc2)cc1. The second-order valence-corrected chi connectivity index (χ2v) is 18.2. The van der Waals surface area contributed by atoms with Crippen LogP contribution in [0.25, 0.3) is 0 Å². The zero-order valence-electron chi connectivity index (χ0n) is 15.7. The van der Waals surface area contributed by atoms with Crippen LogP contribution in [0.3, 0.4) is 0 Å². The summed E-state index contributed by atoms with van der Waals surface area (Å²) in [4.78, 5) is 0. The Morgan fingerprint density at radius 1 is 0.276 bits per heavy atom. The van der Waals surface area contributed by atoms with Crippen LogP contribution in [0.15, 0.2) is 121 Å². The van der Waals surface area contributed by atoms with E-state index in [2.05, 4.69) is 121 Å². The molecule has 0 radical (unpaired) electrons. The molecule has 0 atom stereocenters. The molecule has 2 N–H and O–H groups in total. The molecule has 0 spiro atoms. The van der Waals surface area contributed by atoms with Crippen molar-refractivity contribution < 1.29 is 5.48 Å². The van der Waals surface area contributed by atoms with E-state index in [4.69, 9.17) is 0 Å². The Kier molecular flexibility index (Phi) is 12.4. The van der Waals surface area contributed by atoms with Gasteiger partial charge in [0.2, 0.25) is 0 Å². The van der Waals surface area contributed by atoms with Crippen molar-refractivity contribution in [1.82, 2.24) is 0 Å². The van der Waals surface area contributed by atoms with E-state index < -0.39 is 0 Å². The topological polar surface area (TPSA) is 31.5 Å². The van der Waals surface area contributed by atoms with Gasteiger partial charge in [-0.25, -0.2) is 0 Å². The summed E-state index contributed by atoms with van der Waals surface area (Å²) in [5.74, 6) is 0. The normalized spacial score (nSPS) is 9.66. The quantitative estimate of drug-likeness (QED) is 0.283. The summed E-state index contributed by atoms with van der Waals surface area (Å²) >= 11 is 2.54. The van der Waals surface area contributed by atoms with Crippen LogP contribution in [0.5, 0.6) is 0 Å². The average Bonchev–Trinajstić information content (AvgIpc) is 2.80. The molecule has 0 unspecified atom stereocenters. The van der Waals surface area contributed by atoms with Crippen LogP contribution in [-0.2, 0) is 0 Å². The molecule has 4 aromatic rings. The summed E-state index contributed by atoms with van der Waals surface area (Å²) in [6.45, 7) is 0. The second kappa shape index (κ2) is 14.8. The van der Waals surface area contributed by atoms with Crippen molar-refractivity contribution in [3.05, 3.63) is 121 Å². The molecule has 148 valence electrons. The molecule has 0 aliphatic carbocycles. The predicted octanol–water partition coefficient (Wildman–Crippen LogP) is 1.10. The van der Waals surface area contributed by atoms with Crippen LogP contribution in [0.1, 0.15) is 0 Å². The third-order valence-corrected chi connectivity index (χ3v) is 17.9. The number of hydrogen-bond acceptors (Lipinski definition) is 0. The fraction of sp³-hybridized carbons (Fsp3) is 0. The van der Waals surface area contributed by atoms with Gasteiger partial charge in [-0.3, -0.25) is 0 Å². The minimum atomic E-state index is 0. The summed E-state index contributed by atoms with van der Waals surface area (Å²) < 4.78 is 6.01. The van der Waals surface area contributed by atoms with E-state index in [1.807, 2.05) is 0 Å². The van der Waals surface area contributed by atoms with E-state index in [0.717, 1.165) is 0 Å². The first-order valence-electron chi connectivity index (χ1n) is 8.79. The molecule has 5 heteroatoms. The molecule has 1 nitrogen and oxygen atoms in total. The molecule has 0 bridgehead atoms. The van der Waals surface area contributed by atoms with Gasteiger partial charge in [0.05, 0.1) is 0 Å². The predicted molar refractivity (Wildman–Crippen MR) is 131 cm³/mol. The second-order valence-electron chi connectivity index (χ2n) is 5.59. The van der Waals surface area contributed by atoms with Crippen LogP contribution in [-0.4, -0.2) is 58.0 Å². The van der Waals surface area contributed by atoms with Gasteiger partial charge in [0, 0.05) is 0 Å². The van der Waals surface area contributed by atoms with Gasteiger partial charge in [0.25, 0.3) is 0 Å². The van der Waals surface area contributed by atoms with E-state index >= 15 is 0 Å². The maximum absolute atomic E-state index is 2.23. The molecular weight excluding hydrogens is 620 g/mol. The summed E-state index contributed by atoms with van der Waals surface area (Å²) in [5.41, 5.74) is 0. The fourth-order valence-electron chi connectivity index (χ4n) is 2.10. The van der Waals surface area contributed by atoms with Crippen molar-refractivity contribution in [2.75, 3.05) is 0 Å². The minimum absolute atomic E-state index is 0. The zero-order chi connectivity index (χ0) is 19.3. The van der Waals surface area contributed by atoms with E-state index in [-0.39, 0.29) is 5.48 Å². The van der Waals surface area contributed by atoms with Gasteiger partial charge >= 0.3 is 192 Å². The van der Waals surface area contributed by atoms with Gasteiger partial charge in [-0.1, -0.05) is 0 Å². The van der Waals surface area contributed by atoms with Crippen molar-refractivity contribution in [1.29, 1.82) is 0 Å². The molecule has 4 rings (SSSR count). The number of hydrogen-bond donors (Lipinski definition) is 0. The Morgan fingerprint density at radius 3 is 0.621 bits per heavy atom. The summed E-state index contributed by atoms with van der Waals surface area (Å²) in [6, 6.07) is 43.1.